The van der Waals surface area contributed by atoms with Crippen molar-refractivity contribution in [2.75, 3.05) is 23.9 Å². The van der Waals surface area contributed by atoms with E-state index >= 15 is 0 Å². The predicted octanol–water partition coefficient (Wildman–Crippen LogP) is 2.13. The molecule has 2 heterocycles. The lowest BCUT2D eigenvalue weighted by Gasteiger charge is -2.14. The highest BCUT2D eigenvalue weighted by Gasteiger charge is 2.31. The number of anilines is 1. The lowest BCUT2D eigenvalue weighted by atomic mass is 10.1. The first kappa shape index (κ1) is 18.4. The van der Waals surface area contributed by atoms with Crippen molar-refractivity contribution in [2.24, 2.45) is 0 Å². The van der Waals surface area contributed by atoms with Crippen LogP contribution in [0.15, 0.2) is 30.3 Å². The number of para-hydroxylation sites is 1. The Morgan fingerprint density at radius 1 is 1.38 bits per heavy atom. The van der Waals surface area contributed by atoms with E-state index in [1.807, 2.05) is 31.2 Å². The largest absolute Gasteiger partial charge is 0.496 e. The van der Waals surface area contributed by atoms with Crippen LogP contribution in [-0.2, 0) is 21.1 Å². The fourth-order valence-electron chi connectivity index (χ4n) is 3.22. The zero-order valence-electron chi connectivity index (χ0n) is 14.9. The van der Waals surface area contributed by atoms with Crippen molar-refractivity contribution in [2.45, 2.75) is 32.2 Å². The molecule has 2 aromatic rings. The number of rotatable bonds is 6. The zero-order chi connectivity index (χ0) is 18.7. The van der Waals surface area contributed by atoms with E-state index in [2.05, 4.69) is 10.4 Å². The fourth-order valence-corrected chi connectivity index (χ4v) is 4.91. The molecule has 0 radical (unpaired) electrons. The van der Waals surface area contributed by atoms with E-state index in [-0.39, 0.29) is 23.5 Å². The number of sulfone groups is 1. The summed E-state index contributed by atoms with van der Waals surface area (Å²) in [7, 11) is -1.41. The van der Waals surface area contributed by atoms with Crippen molar-refractivity contribution in [1.29, 1.82) is 0 Å². The van der Waals surface area contributed by atoms with Crippen LogP contribution in [0.3, 0.4) is 0 Å². The number of carbonyl (C=O) groups is 1. The van der Waals surface area contributed by atoms with Crippen LogP contribution in [-0.4, -0.2) is 42.7 Å². The minimum Gasteiger partial charge on any atom is -0.496 e. The molecule has 0 spiro atoms. The third kappa shape index (κ3) is 4.24. The van der Waals surface area contributed by atoms with Gasteiger partial charge in [0, 0.05) is 12.5 Å². The molecule has 1 saturated heterocycles. The predicted molar refractivity (Wildman–Crippen MR) is 99.2 cm³/mol. The van der Waals surface area contributed by atoms with Gasteiger partial charge in [0.2, 0.25) is 5.91 Å². The molecule has 1 aromatic carbocycles. The van der Waals surface area contributed by atoms with Crippen LogP contribution in [0.1, 0.15) is 30.1 Å². The van der Waals surface area contributed by atoms with E-state index in [4.69, 9.17) is 4.74 Å². The highest BCUT2D eigenvalue weighted by molar-refractivity contribution is 7.91. The Morgan fingerprint density at radius 3 is 2.85 bits per heavy atom. The Morgan fingerprint density at radius 2 is 2.15 bits per heavy atom. The molecule has 0 bridgehead atoms. The van der Waals surface area contributed by atoms with Crippen molar-refractivity contribution >= 4 is 21.6 Å². The molecule has 1 aliphatic rings. The summed E-state index contributed by atoms with van der Waals surface area (Å²) in [6.07, 6.45) is 1.38. The summed E-state index contributed by atoms with van der Waals surface area (Å²) in [5.74, 6) is 1.40. The number of carbonyl (C=O) groups excluding carboxylic acids is 1. The molecule has 7 nitrogen and oxygen atoms in total. The summed E-state index contributed by atoms with van der Waals surface area (Å²) in [6, 6.07) is 9.15. The lowest BCUT2D eigenvalue weighted by Crippen LogP contribution is -2.19. The summed E-state index contributed by atoms with van der Waals surface area (Å²) in [6.45, 7) is 1.82. The molecule has 3 rings (SSSR count). The number of aryl methyl sites for hydroxylation is 2. The van der Waals surface area contributed by atoms with Crippen molar-refractivity contribution in [3.8, 4) is 5.75 Å². The van der Waals surface area contributed by atoms with Crippen LogP contribution in [0, 0.1) is 6.92 Å². The van der Waals surface area contributed by atoms with E-state index in [0.717, 1.165) is 17.0 Å². The van der Waals surface area contributed by atoms with Gasteiger partial charge in [-0.25, -0.2) is 13.1 Å². The molecular formula is C18H23N3O4S. The monoisotopic (exact) mass is 377 g/mol. The van der Waals surface area contributed by atoms with Gasteiger partial charge < -0.3 is 10.1 Å². The standard InChI is InChI=1S/C18H23N3O4S/c1-13-11-17(21(20-13)15-9-10-26(23,24)12-15)19-18(22)8-7-14-5-3-4-6-16(14)25-2/h3-6,11,15H,7-10,12H2,1-2H3,(H,19,22). The summed E-state index contributed by atoms with van der Waals surface area (Å²) in [4.78, 5) is 12.4. The van der Waals surface area contributed by atoms with E-state index in [1.165, 1.54) is 0 Å². The van der Waals surface area contributed by atoms with Crippen LogP contribution in [0.25, 0.3) is 0 Å². The smallest absolute Gasteiger partial charge is 0.225 e. The number of methoxy groups -OCH3 is 1. The number of aromatic nitrogens is 2. The topological polar surface area (TPSA) is 90.3 Å². The molecule has 1 fully saturated rings. The minimum absolute atomic E-state index is 0.0677. The van der Waals surface area contributed by atoms with Crippen LogP contribution < -0.4 is 10.1 Å². The van der Waals surface area contributed by atoms with Crippen molar-refractivity contribution in [1.82, 2.24) is 9.78 Å². The number of benzene rings is 1. The molecule has 0 saturated carbocycles. The molecule has 1 unspecified atom stereocenters. The van der Waals surface area contributed by atoms with Crippen LogP contribution in [0.2, 0.25) is 0 Å². The molecule has 0 aliphatic carbocycles. The maximum Gasteiger partial charge on any atom is 0.225 e. The van der Waals surface area contributed by atoms with Gasteiger partial charge in [0.1, 0.15) is 11.6 Å². The summed E-state index contributed by atoms with van der Waals surface area (Å²) >= 11 is 0. The average molecular weight is 377 g/mol. The number of nitrogens with one attached hydrogen (secondary N) is 1. The van der Waals surface area contributed by atoms with Gasteiger partial charge in [-0.3, -0.25) is 4.79 Å². The molecule has 1 aromatic heterocycles. The molecular weight excluding hydrogens is 354 g/mol. The average Bonchev–Trinajstić information content (AvgIpc) is 3.14. The molecule has 1 atom stereocenters. The van der Waals surface area contributed by atoms with Gasteiger partial charge >= 0.3 is 0 Å². The van der Waals surface area contributed by atoms with Crippen molar-refractivity contribution in [3.05, 3.63) is 41.6 Å². The molecule has 8 heteroatoms. The second kappa shape index (κ2) is 7.49. The third-order valence-corrected chi connectivity index (χ3v) is 6.24. The number of hydrogen-bond acceptors (Lipinski definition) is 5. The Bertz CT molecular complexity index is 905. The van der Waals surface area contributed by atoms with Gasteiger partial charge in [-0.05, 0) is 31.4 Å². The van der Waals surface area contributed by atoms with Gasteiger partial charge in [-0.1, -0.05) is 18.2 Å². The second-order valence-electron chi connectivity index (χ2n) is 6.53. The highest BCUT2D eigenvalue weighted by Crippen LogP contribution is 2.27. The SMILES string of the molecule is COc1ccccc1CCC(=O)Nc1cc(C)nn1C1CCS(=O)(=O)C1. The van der Waals surface area contributed by atoms with E-state index in [9.17, 15) is 13.2 Å². The first-order chi connectivity index (χ1) is 12.4. The van der Waals surface area contributed by atoms with Crippen molar-refractivity contribution < 1.29 is 17.9 Å². The summed E-state index contributed by atoms with van der Waals surface area (Å²) in [5.41, 5.74) is 1.71. The number of ether oxygens (including phenoxy) is 1. The number of amides is 1. The maximum atomic E-state index is 12.4. The van der Waals surface area contributed by atoms with Gasteiger partial charge in [0.15, 0.2) is 9.84 Å². The van der Waals surface area contributed by atoms with Gasteiger partial charge in [-0.2, -0.15) is 5.10 Å². The van der Waals surface area contributed by atoms with Gasteiger partial charge in [0.05, 0.1) is 30.4 Å². The molecule has 1 aliphatic heterocycles. The Labute approximate surface area is 153 Å². The molecule has 1 N–H and O–H groups in total. The first-order valence-electron chi connectivity index (χ1n) is 8.56. The van der Waals surface area contributed by atoms with E-state index in [0.29, 0.717) is 25.1 Å². The Balaban J connectivity index is 1.66. The Hall–Kier alpha value is -2.35. The molecule has 26 heavy (non-hydrogen) atoms. The van der Waals surface area contributed by atoms with Crippen molar-refractivity contribution in [3.63, 3.8) is 0 Å². The van der Waals surface area contributed by atoms with Gasteiger partial charge in [-0.15, -0.1) is 0 Å². The second-order valence-corrected chi connectivity index (χ2v) is 8.76. The number of nitrogens with zero attached hydrogens (tertiary/aromatic N) is 2. The maximum absolute atomic E-state index is 12.4. The Kier molecular flexibility index (Phi) is 5.31. The summed E-state index contributed by atoms with van der Waals surface area (Å²) in [5, 5.41) is 7.24. The normalized spacial score (nSPS) is 18.6. The van der Waals surface area contributed by atoms with E-state index < -0.39 is 9.84 Å². The first-order valence-corrected chi connectivity index (χ1v) is 10.4. The molecule has 1 amide bonds. The minimum atomic E-state index is -3.02. The summed E-state index contributed by atoms with van der Waals surface area (Å²) < 4.78 is 30.4. The molecule has 140 valence electrons. The van der Waals surface area contributed by atoms with Crippen LogP contribution in [0.4, 0.5) is 5.82 Å². The van der Waals surface area contributed by atoms with E-state index in [1.54, 1.807) is 17.9 Å². The number of hydrogen-bond donors (Lipinski definition) is 1. The zero-order valence-corrected chi connectivity index (χ0v) is 15.8. The third-order valence-electron chi connectivity index (χ3n) is 4.49. The highest BCUT2D eigenvalue weighted by atomic mass is 32.2. The van der Waals surface area contributed by atoms with Crippen LogP contribution >= 0.6 is 0 Å². The quantitative estimate of drug-likeness (QED) is 0.833. The fraction of sp³-hybridized carbons (Fsp3) is 0.444. The van der Waals surface area contributed by atoms with Gasteiger partial charge in [0.25, 0.3) is 0 Å². The lowest BCUT2D eigenvalue weighted by molar-refractivity contribution is -0.116. The van der Waals surface area contributed by atoms with Crippen LogP contribution in [0.5, 0.6) is 5.75 Å².